The average Bonchev–Trinajstić information content (AvgIpc) is 2.38. The maximum Gasteiger partial charge on any atom is 0.306 e. The summed E-state index contributed by atoms with van der Waals surface area (Å²) in [5.74, 6) is 0.0528. The third kappa shape index (κ3) is 12.2. The summed E-state index contributed by atoms with van der Waals surface area (Å²) in [5.41, 5.74) is 0. The van der Waals surface area contributed by atoms with Gasteiger partial charge in [-0.1, -0.05) is 52.4 Å². The van der Waals surface area contributed by atoms with Crippen LogP contribution >= 0.6 is 0 Å². The molecule has 0 aliphatic heterocycles. The summed E-state index contributed by atoms with van der Waals surface area (Å²) in [5, 5.41) is 0. The number of hydrogen-bond donors (Lipinski definition) is 0. The van der Waals surface area contributed by atoms with E-state index in [4.69, 9.17) is 4.74 Å². The Labute approximate surface area is 124 Å². The molecule has 0 amide bonds. The molecule has 20 heavy (non-hydrogen) atoms. The van der Waals surface area contributed by atoms with Crippen LogP contribution in [0.5, 0.6) is 0 Å². The molecule has 0 fully saturated rings. The van der Waals surface area contributed by atoms with Gasteiger partial charge >= 0.3 is 5.97 Å². The van der Waals surface area contributed by atoms with Gasteiger partial charge in [-0.25, -0.2) is 0 Å². The number of Topliss-reactive ketones (excluding diaryl/α,β-unsaturated/α-hetero) is 1. The van der Waals surface area contributed by atoms with Crippen LogP contribution < -0.4 is 0 Å². The average molecular weight is 284 g/mol. The normalized spacial score (nSPS) is 12.2. The molecule has 0 saturated heterocycles. The van der Waals surface area contributed by atoms with Gasteiger partial charge in [-0.2, -0.15) is 0 Å². The Morgan fingerprint density at radius 2 is 1.40 bits per heavy atom. The van der Waals surface area contributed by atoms with Gasteiger partial charge in [0, 0.05) is 19.3 Å². The predicted octanol–water partition coefficient (Wildman–Crippen LogP) is 4.82. The van der Waals surface area contributed by atoms with E-state index in [1.54, 1.807) is 0 Å². The first kappa shape index (κ1) is 19.1. The number of hydrogen-bond acceptors (Lipinski definition) is 3. The molecule has 0 spiro atoms. The van der Waals surface area contributed by atoms with Gasteiger partial charge in [0.15, 0.2) is 0 Å². The minimum absolute atomic E-state index is 0.165. The Balaban J connectivity index is 3.60. The van der Waals surface area contributed by atoms with Crippen molar-refractivity contribution in [2.24, 2.45) is 0 Å². The number of carbonyl (C=O) groups excluding carboxylic acids is 2. The van der Waals surface area contributed by atoms with Crippen molar-refractivity contribution in [1.82, 2.24) is 0 Å². The Bertz CT molecular complexity index is 261. The number of carbonyl (C=O) groups is 2. The van der Waals surface area contributed by atoms with Crippen molar-refractivity contribution in [2.75, 3.05) is 0 Å². The number of ether oxygens (including phenoxy) is 1. The van der Waals surface area contributed by atoms with E-state index in [9.17, 15) is 9.59 Å². The number of esters is 1. The maximum absolute atomic E-state index is 11.7. The molecule has 0 N–H and O–H groups in total. The first-order valence-corrected chi connectivity index (χ1v) is 8.31. The predicted molar refractivity (Wildman–Crippen MR) is 82.7 cm³/mol. The van der Waals surface area contributed by atoms with Gasteiger partial charge < -0.3 is 4.74 Å². The van der Waals surface area contributed by atoms with Crippen LogP contribution in [0.2, 0.25) is 0 Å². The molecule has 1 atom stereocenters. The summed E-state index contributed by atoms with van der Waals surface area (Å²) < 4.78 is 5.25. The summed E-state index contributed by atoms with van der Waals surface area (Å²) in [6.07, 6.45) is 10.0. The van der Waals surface area contributed by atoms with Gasteiger partial charge in [-0.05, 0) is 19.8 Å². The van der Waals surface area contributed by atoms with Gasteiger partial charge in [-0.3, -0.25) is 9.59 Å². The molecule has 0 saturated carbocycles. The van der Waals surface area contributed by atoms with E-state index in [1.807, 2.05) is 6.92 Å². The molecule has 0 rings (SSSR count). The maximum atomic E-state index is 11.7. The monoisotopic (exact) mass is 284 g/mol. The number of rotatable bonds is 13. The highest BCUT2D eigenvalue weighted by molar-refractivity contribution is 5.79. The lowest BCUT2D eigenvalue weighted by Crippen LogP contribution is -2.18. The third-order valence-corrected chi connectivity index (χ3v) is 3.39. The van der Waals surface area contributed by atoms with Crippen LogP contribution in [0.1, 0.15) is 91.4 Å². The lowest BCUT2D eigenvalue weighted by Gasteiger charge is -2.12. The summed E-state index contributed by atoms with van der Waals surface area (Å²) in [6.45, 7) is 6.10. The fraction of sp³-hybridized carbons (Fsp3) is 0.882. The van der Waals surface area contributed by atoms with Gasteiger partial charge in [0.2, 0.25) is 0 Å². The zero-order chi connectivity index (χ0) is 15.2. The first-order chi connectivity index (χ1) is 9.60. The fourth-order valence-corrected chi connectivity index (χ4v) is 2.19. The quantitative estimate of drug-likeness (QED) is 0.360. The Kier molecular flexibility index (Phi) is 12.6. The van der Waals surface area contributed by atoms with E-state index in [0.717, 1.165) is 32.1 Å². The van der Waals surface area contributed by atoms with Crippen LogP contribution in [0.4, 0.5) is 0 Å². The van der Waals surface area contributed by atoms with Crippen molar-refractivity contribution < 1.29 is 14.3 Å². The Morgan fingerprint density at radius 1 is 0.850 bits per heavy atom. The molecule has 0 radical (unpaired) electrons. The van der Waals surface area contributed by atoms with E-state index in [2.05, 4.69) is 13.8 Å². The molecule has 0 aliphatic carbocycles. The zero-order valence-electron chi connectivity index (χ0n) is 13.6. The second-order valence-electron chi connectivity index (χ2n) is 5.66. The topological polar surface area (TPSA) is 43.4 Å². The Hall–Kier alpha value is -0.860. The highest BCUT2D eigenvalue weighted by Crippen LogP contribution is 2.10. The van der Waals surface area contributed by atoms with Crippen LogP contribution in [0.15, 0.2) is 0 Å². The molecule has 0 heterocycles. The molecule has 0 bridgehead atoms. The van der Waals surface area contributed by atoms with Crippen LogP contribution in [-0.2, 0) is 14.3 Å². The second-order valence-corrected chi connectivity index (χ2v) is 5.66. The molecule has 0 aromatic heterocycles. The van der Waals surface area contributed by atoms with Gasteiger partial charge in [0.25, 0.3) is 0 Å². The molecule has 0 aliphatic rings. The third-order valence-electron chi connectivity index (χ3n) is 3.39. The van der Waals surface area contributed by atoms with E-state index < -0.39 is 0 Å². The minimum Gasteiger partial charge on any atom is -0.462 e. The Morgan fingerprint density at radius 3 is 2.05 bits per heavy atom. The highest BCUT2D eigenvalue weighted by atomic mass is 16.5. The molecule has 3 heteroatoms. The van der Waals surface area contributed by atoms with Crippen LogP contribution in [0.3, 0.4) is 0 Å². The van der Waals surface area contributed by atoms with Crippen molar-refractivity contribution in [2.45, 2.75) is 97.5 Å². The minimum atomic E-state index is -0.271. The summed E-state index contributed by atoms with van der Waals surface area (Å²) in [4.78, 5) is 23.2. The van der Waals surface area contributed by atoms with Crippen molar-refractivity contribution in [3.8, 4) is 0 Å². The van der Waals surface area contributed by atoms with E-state index in [1.165, 1.54) is 19.3 Å². The smallest absolute Gasteiger partial charge is 0.306 e. The van der Waals surface area contributed by atoms with Crippen molar-refractivity contribution >= 4 is 11.8 Å². The molecular formula is C17H32O3. The fourth-order valence-electron chi connectivity index (χ4n) is 2.19. The molecule has 3 nitrogen and oxygen atoms in total. The largest absolute Gasteiger partial charge is 0.462 e. The van der Waals surface area contributed by atoms with Crippen LogP contribution in [0.25, 0.3) is 0 Å². The van der Waals surface area contributed by atoms with Crippen LogP contribution in [0, 0.1) is 0 Å². The SMILES string of the molecule is CCCCCCCC(=O)CC(C)OC(=O)CCCCC. The standard InChI is InChI=1S/C17H32O3/c1-4-6-8-9-11-12-16(18)14-15(3)20-17(19)13-10-7-5-2/h15H,4-14H2,1-3H3. The molecule has 1 unspecified atom stereocenters. The van der Waals surface area contributed by atoms with Crippen molar-refractivity contribution in [1.29, 1.82) is 0 Å². The molecule has 0 aromatic rings. The zero-order valence-corrected chi connectivity index (χ0v) is 13.6. The van der Waals surface area contributed by atoms with Gasteiger partial charge in [0.1, 0.15) is 11.9 Å². The second kappa shape index (κ2) is 13.1. The summed E-state index contributed by atoms with van der Waals surface area (Å²) in [6, 6.07) is 0. The lowest BCUT2D eigenvalue weighted by atomic mass is 10.1. The van der Waals surface area contributed by atoms with Gasteiger partial charge in [0.05, 0.1) is 0 Å². The first-order valence-electron chi connectivity index (χ1n) is 8.31. The summed E-state index contributed by atoms with van der Waals surface area (Å²) >= 11 is 0. The molecular weight excluding hydrogens is 252 g/mol. The molecule has 0 aromatic carbocycles. The van der Waals surface area contributed by atoms with E-state index in [0.29, 0.717) is 19.3 Å². The highest BCUT2D eigenvalue weighted by Gasteiger charge is 2.13. The van der Waals surface area contributed by atoms with Crippen molar-refractivity contribution in [3.63, 3.8) is 0 Å². The van der Waals surface area contributed by atoms with E-state index >= 15 is 0 Å². The number of unbranched alkanes of at least 4 members (excludes halogenated alkanes) is 6. The molecule has 118 valence electrons. The van der Waals surface area contributed by atoms with E-state index in [-0.39, 0.29) is 17.9 Å². The van der Waals surface area contributed by atoms with Crippen LogP contribution in [-0.4, -0.2) is 17.9 Å². The van der Waals surface area contributed by atoms with Crippen molar-refractivity contribution in [3.05, 3.63) is 0 Å². The lowest BCUT2D eigenvalue weighted by molar-refractivity contribution is -0.149. The number of ketones is 1. The summed E-state index contributed by atoms with van der Waals surface area (Å²) in [7, 11) is 0. The van der Waals surface area contributed by atoms with Gasteiger partial charge in [-0.15, -0.1) is 0 Å².